The summed E-state index contributed by atoms with van der Waals surface area (Å²) in [5.74, 6) is 0.281. The maximum atomic E-state index is 12.8. The Balaban J connectivity index is 1.56. The number of amides is 1. The molecule has 3 aromatic rings. The van der Waals surface area contributed by atoms with Crippen LogP contribution in [0.4, 0.5) is 13.2 Å². The standard InChI is InChI=1S/C17H16F3N5O/c1-10-8-13(17(18,19)20)25-14(22-10)6-7-21-16(26)9-15-23-11-4-2-3-5-12(11)24-15/h2-5,8H,6-7,9H2,1H3,(H,21,26)(H,23,24). The number of aryl methyl sites for hydroxylation is 1. The van der Waals surface area contributed by atoms with Crippen molar-refractivity contribution in [2.75, 3.05) is 6.54 Å². The van der Waals surface area contributed by atoms with Crippen molar-refractivity contribution < 1.29 is 18.0 Å². The number of benzene rings is 1. The summed E-state index contributed by atoms with van der Waals surface area (Å²) in [7, 11) is 0. The van der Waals surface area contributed by atoms with Crippen molar-refractivity contribution in [2.24, 2.45) is 0 Å². The van der Waals surface area contributed by atoms with E-state index in [4.69, 9.17) is 0 Å². The third-order valence-electron chi connectivity index (χ3n) is 3.63. The van der Waals surface area contributed by atoms with Crippen LogP contribution >= 0.6 is 0 Å². The van der Waals surface area contributed by atoms with Crippen molar-refractivity contribution in [1.82, 2.24) is 25.3 Å². The lowest BCUT2D eigenvalue weighted by atomic mass is 10.3. The Hall–Kier alpha value is -2.97. The van der Waals surface area contributed by atoms with E-state index in [1.54, 1.807) is 0 Å². The summed E-state index contributed by atoms with van der Waals surface area (Å²) < 4.78 is 38.3. The summed E-state index contributed by atoms with van der Waals surface area (Å²) in [6.45, 7) is 1.61. The van der Waals surface area contributed by atoms with Gasteiger partial charge in [-0.15, -0.1) is 0 Å². The first kappa shape index (κ1) is 17.8. The zero-order chi connectivity index (χ0) is 18.7. The number of hydrogen-bond acceptors (Lipinski definition) is 4. The fourth-order valence-corrected chi connectivity index (χ4v) is 2.50. The number of carbonyl (C=O) groups excluding carboxylic acids is 1. The highest BCUT2D eigenvalue weighted by Gasteiger charge is 2.33. The van der Waals surface area contributed by atoms with Crippen LogP contribution in [0.1, 0.15) is 23.0 Å². The van der Waals surface area contributed by atoms with Crippen LogP contribution in [0.2, 0.25) is 0 Å². The smallest absolute Gasteiger partial charge is 0.355 e. The first-order valence-electron chi connectivity index (χ1n) is 7.93. The number of rotatable bonds is 5. The summed E-state index contributed by atoms with van der Waals surface area (Å²) >= 11 is 0. The maximum absolute atomic E-state index is 12.8. The molecular formula is C17H16F3N5O. The minimum absolute atomic E-state index is 0.0429. The van der Waals surface area contributed by atoms with Crippen LogP contribution in [-0.2, 0) is 23.8 Å². The number of nitrogens with zero attached hydrogens (tertiary/aromatic N) is 3. The van der Waals surface area contributed by atoms with E-state index in [0.29, 0.717) is 5.82 Å². The fourth-order valence-electron chi connectivity index (χ4n) is 2.50. The van der Waals surface area contributed by atoms with Crippen LogP contribution in [0.25, 0.3) is 11.0 Å². The van der Waals surface area contributed by atoms with Crippen LogP contribution in [0.15, 0.2) is 30.3 Å². The van der Waals surface area contributed by atoms with Gasteiger partial charge in [0, 0.05) is 18.7 Å². The predicted molar refractivity (Wildman–Crippen MR) is 88.3 cm³/mol. The molecule has 0 radical (unpaired) electrons. The number of carbonyl (C=O) groups is 1. The number of nitrogens with one attached hydrogen (secondary N) is 2. The Morgan fingerprint density at radius 3 is 2.69 bits per heavy atom. The first-order chi connectivity index (χ1) is 12.3. The summed E-state index contributed by atoms with van der Waals surface area (Å²) in [6.07, 6.45) is -4.36. The van der Waals surface area contributed by atoms with E-state index >= 15 is 0 Å². The zero-order valence-corrected chi connectivity index (χ0v) is 13.9. The van der Waals surface area contributed by atoms with Crippen molar-refractivity contribution in [2.45, 2.75) is 25.9 Å². The van der Waals surface area contributed by atoms with Gasteiger partial charge in [0.15, 0.2) is 0 Å². The molecular weight excluding hydrogens is 347 g/mol. The van der Waals surface area contributed by atoms with Crippen molar-refractivity contribution in [3.8, 4) is 0 Å². The molecule has 1 aromatic carbocycles. The van der Waals surface area contributed by atoms with E-state index in [-0.39, 0.29) is 36.8 Å². The van der Waals surface area contributed by atoms with Crippen molar-refractivity contribution in [3.63, 3.8) is 0 Å². The van der Waals surface area contributed by atoms with E-state index < -0.39 is 11.9 Å². The molecule has 0 aliphatic carbocycles. The van der Waals surface area contributed by atoms with Gasteiger partial charge in [-0.05, 0) is 25.1 Å². The molecule has 0 atom stereocenters. The molecule has 6 nitrogen and oxygen atoms in total. The van der Waals surface area contributed by atoms with Gasteiger partial charge in [-0.2, -0.15) is 13.2 Å². The molecule has 2 N–H and O–H groups in total. The molecule has 0 fully saturated rings. The SMILES string of the molecule is Cc1cc(C(F)(F)F)nc(CCNC(=O)Cc2nc3ccccc3[nH]2)n1. The largest absolute Gasteiger partial charge is 0.433 e. The molecule has 9 heteroatoms. The van der Waals surface area contributed by atoms with Gasteiger partial charge >= 0.3 is 6.18 Å². The lowest BCUT2D eigenvalue weighted by Gasteiger charge is -2.09. The van der Waals surface area contributed by atoms with Crippen molar-refractivity contribution in [3.05, 3.63) is 53.4 Å². The Kier molecular flexibility index (Phi) is 4.88. The normalized spacial score (nSPS) is 11.7. The molecule has 0 aliphatic rings. The fraction of sp³-hybridized carbons (Fsp3) is 0.294. The molecule has 26 heavy (non-hydrogen) atoms. The van der Waals surface area contributed by atoms with Crippen molar-refractivity contribution in [1.29, 1.82) is 0 Å². The third kappa shape index (κ3) is 4.35. The highest BCUT2D eigenvalue weighted by Crippen LogP contribution is 2.27. The summed E-state index contributed by atoms with van der Waals surface area (Å²) in [5, 5.41) is 2.64. The lowest BCUT2D eigenvalue weighted by Crippen LogP contribution is -2.28. The van der Waals surface area contributed by atoms with E-state index in [9.17, 15) is 18.0 Å². The van der Waals surface area contributed by atoms with Crippen LogP contribution < -0.4 is 5.32 Å². The molecule has 2 aromatic heterocycles. The van der Waals surface area contributed by atoms with Gasteiger partial charge in [-0.1, -0.05) is 12.1 Å². The summed E-state index contributed by atoms with van der Waals surface area (Å²) in [4.78, 5) is 26.8. The number of H-pyrrole nitrogens is 1. The Bertz CT molecular complexity index is 903. The van der Waals surface area contributed by atoms with E-state index in [2.05, 4.69) is 25.3 Å². The molecule has 3 rings (SSSR count). The molecule has 1 amide bonds. The van der Waals surface area contributed by atoms with Crippen LogP contribution in [0.5, 0.6) is 0 Å². The topological polar surface area (TPSA) is 83.6 Å². The maximum Gasteiger partial charge on any atom is 0.433 e. The number of fused-ring (bicyclic) bond motifs is 1. The minimum atomic E-state index is -4.52. The monoisotopic (exact) mass is 363 g/mol. The summed E-state index contributed by atoms with van der Waals surface area (Å²) in [5.41, 5.74) is 0.857. The number of imidazole rings is 1. The van der Waals surface area contributed by atoms with Crippen LogP contribution in [0, 0.1) is 6.92 Å². The average molecular weight is 363 g/mol. The quantitative estimate of drug-likeness (QED) is 0.730. The lowest BCUT2D eigenvalue weighted by molar-refractivity contribution is -0.141. The molecule has 0 bridgehead atoms. The number of para-hydroxylation sites is 2. The third-order valence-corrected chi connectivity index (χ3v) is 3.63. The van der Waals surface area contributed by atoms with Gasteiger partial charge in [0.25, 0.3) is 0 Å². The molecule has 0 saturated carbocycles. The average Bonchev–Trinajstić information content (AvgIpc) is 2.95. The minimum Gasteiger partial charge on any atom is -0.355 e. The Morgan fingerprint density at radius 2 is 1.96 bits per heavy atom. The van der Waals surface area contributed by atoms with Crippen molar-refractivity contribution >= 4 is 16.9 Å². The number of alkyl halides is 3. The second-order valence-corrected chi connectivity index (χ2v) is 5.79. The predicted octanol–water partition coefficient (Wildman–Crippen LogP) is 2.58. The van der Waals surface area contributed by atoms with Gasteiger partial charge < -0.3 is 10.3 Å². The highest BCUT2D eigenvalue weighted by molar-refractivity contribution is 5.80. The van der Waals surface area contributed by atoms with Gasteiger partial charge in [-0.3, -0.25) is 4.79 Å². The van der Waals surface area contributed by atoms with Gasteiger partial charge in [0.2, 0.25) is 5.91 Å². The van der Waals surface area contributed by atoms with E-state index in [1.807, 2.05) is 24.3 Å². The zero-order valence-electron chi connectivity index (χ0n) is 13.9. The van der Waals surface area contributed by atoms with Gasteiger partial charge in [0.1, 0.15) is 17.3 Å². The molecule has 0 aliphatic heterocycles. The first-order valence-corrected chi connectivity index (χ1v) is 7.93. The van der Waals surface area contributed by atoms with Crippen LogP contribution in [-0.4, -0.2) is 32.4 Å². The Morgan fingerprint density at radius 1 is 1.19 bits per heavy atom. The number of aromatic amines is 1. The van der Waals surface area contributed by atoms with Gasteiger partial charge in [0.05, 0.1) is 17.5 Å². The molecule has 0 saturated heterocycles. The van der Waals surface area contributed by atoms with Crippen LogP contribution in [0.3, 0.4) is 0 Å². The number of aromatic nitrogens is 4. The second-order valence-electron chi connectivity index (χ2n) is 5.79. The highest BCUT2D eigenvalue weighted by atomic mass is 19.4. The molecule has 2 heterocycles. The number of halogens is 3. The molecule has 0 spiro atoms. The second kappa shape index (κ2) is 7.11. The Labute approximate surface area is 146 Å². The van der Waals surface area contributed by atoms with E-state index in [0.717, 1.165) is 17.1 Å². The van der Waals surface area contributed by atoms with Gasteiger partial charge in [-0.25, -0.2) is 15.0 Å². The molecule has 0 unspecified atom stereocenters. The number of hydrogen-bond donors (Lipinski definition) is 2. The molecule has 136 valence electrons. The summed E-state index contributed by atoms with van der Waals surface area (Å²) in [6, 6.07) is 8.30. The van der Waals surface area contributed by atoms with E-state index in [1.165, 1.54) is 6.92 Å².